The van der Waals surface area contributed by atoms with Crippen LogP contribution >= 0.6 is 0 Å². The fourth-order valence-electron chi connectivity index (χ4n) is 1.45. The Kier molecular flexibility index (Phi) is 4.50. The first kappa shape index (κ1) is 12.0. The van der Waals surface area contributed by atoms with Gasteiger partial charge in [-0.3, -0.25) is 4.98 Å². The van der Waals surface area contributed by atoms with Crippen LogP contribution in [-0.4, -0.2) is 22.6 Å². The molecule has 0 spiro atoms. The third-order valence-electron chi connectivity index (χ3n) is 2.63. The number of hydrogen-bond acceptors (Lipinski definition) is 4. The van der Waals surface area contributed by atoms with E-state index in [1.54, 1.807) is 12.4 Å². The van der Waals surface area contributed by atoms with Crippen LogP contribution in [0.1, 0.15) is 31.4 Å². The highest BCUT2D eigenvalue weighted by Crippen LogP contribution is 2.19. The highest BCUT2D eigenvalue weighted by Gasteiger charge is 2.20. The van der Waals surface area contributed by atoms with E-state index in [9.17, 15) is 0 Å². The van der Waals surface area contributed by atoms with Crippen molar-refractivity contribution >= 4 is 0 Å². The molecule has 4 heteroatoms. The van der Waals surface area contributed by atoms with Gasteiger partial charge in [0.2, 0.25) is 5.88 Å². The van der Waals surface area contributed by atoms with Crippen LogP contribution in [0, 0.1) is 0 Å². The van der Waals surface area contributed by atoms with Crippen LogP contribution in [0.2, 0.25) is 0 Å². The van der Waals surface area contributed by atoms with Crippen molar-refractivity contribution in [3.05, 3.63) is 30.7 Å². The zero-order valence-corrected chi connectivity index (χ0v) is 10.1. The van der Waals surface area contributed by atoms with Gasteiger partial charge in [-0.05, 0) is 25.7 Å². The van der Waals surface area contributed by atoms with E-state index in [0.717, 1.165) is 25.1 Å². The summed E-state index contributed by atoms with van der Waals surface area (Å²) >= 11 is 0. The summed E-state index contributed by atoms with van der Waals surface area (Å²) in [4.78, 5) is 8.53. The zero-order chi connectivity index (χ0) is 11.9. The first-order chi connectivity index (χ1) is 8.38. The Balaban J connectivity index is 1.70. The summed E-state index contributed by atoms with van der Waals surface area (Å²) in [6.45, 7) is 5.13. The second-order valence-electron chi connectivity index (χ2n) is 4.28. The molecule has 2 rings (SSSR count). The van der Waals surface area contributed by atoms with Crippen LogP contribution in [0.4, 0.5) is 0 Å². The molecule has 4 nitrogen and oxygen atoms in total. The Bertz CT molecular complexity index is 346. The fraction of sp³-hybridized carbons (Fsp3) is 0.538. The minimum Gasteiger partial charge on any atom is -0.477 e. The molecule has 0 saturated heterocycles. The van der Waals surface area contributed by atoms with Crippen LogP contribution in [0.15, 0.2) is 25.0 Å². The molecule has 0 amide bonds. The van der Waals surface area contributed by atoms with E-state index in [1.807, 2.05) is 6.08 Å². The van der Waals surface area contributed by atoms with Crippen molar-refractivity contribution in [1.29, 1.82) is 0 Å². The normalized spacial score (nSPS) is 14.6. The molecule has 92 valence electrons. The summed E-state index contributed by atoms with van der Waals surface area (Å²) in [5, 5.41) is 3.40. The predicted octanol–water partition coefficient (Wildman–Crippen LogP) is 2.07. The average Bonchev–Trinajstić information content (AvgIpc) is 3.18. The second-order valence-corrected chi connectivity index (χ2v) is 4.28. The fourth-order valence-corrected chi connectivity index (χ4v) is 1.45. The molecule has 1 aromatic rings. The Labute approximate surface area is 102 Å². The summed E-state index contributed by atoms with van der Waals surface area (Å²) in [5.41, 5.74) is 0.968. The van der Waals surface area contributed by atoms with E-state index in [4.69, 9.17) is 4.74 Å². The van der Waals surface area contributed by atoms with Crippen molar-refractivity contribution in [3.63, 3.8) is 0 Å². The molecule has 1 aliphatic rings. The van der Waals surface area contributed by atoms with Crippen molar-refractivity contribution in [1.82, 2.24) is 15.3 Å². The van der Waals surface area contributed by atoms with E-state index >= 15 is 0 Å². The number of ether oxygens (including phenoxy) is 1. The van der Waals surface area contributed by atoms with Crippen molar-refractivity contribution < 1.29 is 4.74 Å². The molecule has 17 heavy (non-hydrogen) atoms. The first-order valence-electron chi connectivity index (χ1n) is 6.16. The van der Waals surface area contributed by atoms with Gasteiger partial charge in [-0.1, -0.05) is 6.08 Å². The van der Waals surface area contributed by atoms with Crippen LogP contribution in [0.25, 0.3) is 0 Å². The number of hydrogen-bond donors (Lipinski definition) is 1. The molecule has 1 saturated carbocycles. The molecule has 0 aromatic carbocycles. The summed E-state index contributed by atoms with van der Waals surface area (Å²) in [7, 11) is 0. The van der Waals surface area contributed by atoms with Gasteiger partial charge in [-0.25, -0.2) is 4.98 Å². The van der Waals surface area contributed by atoms with Gasteiger partial charge in [0.05, 0.1) is 24.7 Å². The average molecular weight is 233 g/mol. The third-order valence-corrected chi connectivity index (χ3v) is 2.63. The third kappa shape index (κ3) is 4.53. The summed E-state index contributed by atoms with van der Waals surface area (Å²) in [5.74, 6) is 0.601. The maximum atomic E-state index is 5.46. The highest BCUT2D eigenvalue weighted by atomic mass is 16.5. The Morgan fingerprint density at radius 2 is 2.29 bits per heavy atom. The Hall–Kier alpha value is -1.42. The van der Waals surface area contributed by atoms with Gasteiger partial charge in [-0.2, -0.15) is 0 Å². The molecular weight excluding hydrogens is 214 g/mol. The molecule has 1 N–H and O–H groups in total. The maximum absolute atomic E-state index is 5.46. The van der Waals surface area contributed by atoms with Crippen LogP contribution in [-0.2, 0) is 6.54 Å². The van der Waals surface area contributed by atoms with E-state index in [1.165, 1.54) is 12.8 Å². The molecule has 0 aliphatic heterocycles. The minimum absolute atomic E-state index is 0.601. The maximum Gasteiger partial charge on any atom is 0.232 e. The van der Waals surface area contributed by atoms with Crippen LogP contribution in [0.5, 0.6) is 5.88 Å². The largest absolute Gasteiger partial charge is 0.477 e. The topological polar surface area (TPSA) is 47.0 Å². The van der Waals surface area contributed by atoms with Gasteiger partial charge >= 0.3 is 0 Å². The van der Waals surface area contributed by atoms with E-state index < -0.39 is 0 Å². The Morgan fingerprint density at radius 1 is 1.41 bits per heavy atom. The van der Waals surface area contributed by atoms with Crippen LogP contribution < -0.4 is 10.1 Å². The predicted molar refractivity (Wildman–Crippen MR) is 66.8 cm³/mol. The van der Waals surface area contributed by atoms with Crippen molar-refractivity contribution in [2.45, 2.75) is 38.3 Å². The van der Waals surface area contributed by atoms with Gasteiger partial charge in [0.1, 0.15) is 0 Å². The molecule has 1 aromatic heterocycles. The number of nitrogens with zero attached hydrogens (tertiary/aromatic N) is 2. The monoisotopic (exact) mass is 233 g/mol. The lowest BCUT2D eigenvalue weighted by molar-refractivity contribution is 0.298. The molecule has 1 fully saturated rings. The lowest BCUT2D eigenvalue weighted by Crippen LogP contribution is -2.16. The van der Waals surface area contributed by atoms with Crippen molar-refractivity contribution in [3.8, 4) is 5.88 Å². The number of rotatable bonds is 8. The number of allylic oxidation sites excluding steroid dienone is 1. The lowest BCUT2D eigenvalue weighted by Gasteiger charge is -2.05. The van der Waals surface area contributed by atoms with Gasteiger partial charge in [0.25, 0.3) is 0 Å². The standard InChI is InChI=1S/C13H19N3O/c1-2-3-4-7-17-13-10-15-12(9-16-13)8-14-11-5-6-11/h2,9-11,14H,1,3-8H2. The second kappa shape index (κ2) is 6.35. The number of nitrogens with one attached hydrogen (secondary N) is 1. The van der Waals surface area contributed by atoms with Crippen molar-refractivity contribution in [2.24, 2.45) is 0 Å². The van der Waals surface area contributed by atoms with E-state index in [0.29, 0.717) is 18.5 Å². The minimum atomic E-state index is 0.601. The summed E-state index contributed by atoms with van der Waals surface area (Å²) in [6, 6.07) is 0.701. The molecule has 1 aliphatic carbocycles. The molecule has 0 atom stereocenters. The van der Waals surface area contributed by atoms with Gasteiger partial charge in [-0.15, -0.1) is 6.58 Å². The molecular formula is C13H19N3O. The lowest BCUT2D eigenvalue weighted by atomic mass is 10.3. The van der Waals surface area contributed by atoms with Gasteiger partial charge in [0.15, 0.2) is 0 Å². The molecule has 0 bridgehead atoms. The number of aromatic nitrogens is 2. The van der Waals surface area contributed by atoms with Gasteiger partial charge < -0.3 is 10.1 Å². The van der Waals surface area contributed by atoms with Crippen molar-refractivity contribution in [2.75, 3.05) is 6.61 Å². The Morgan fingerprint density at radius 3 is 2.94 bits per heavy atom. The molecule has 1 heterocycles. The van der Waals surface area contributed by atoms with E-state index in [-0.39, 0.29) is 0 Å². The highest BCUT2D eigenvalue weighted by molar-refractivity contribution is 5.07. The number of unbranched alkanes of at least 4 members (excludes halogenated alkanes) is 1. The molecule has 0 unspecified atom stereocenters. The van der Waals surface area contributed by atoms with Gasteiger partial charge in [0, 0.05) is 12.6 Å². The smallest absolute Gasteiger partial charge is 0.232 e. The zero-order valence-electron chi connectivity index (χ0n) is 10.1. The quantitative estimate of drug-likeness (QED) is 0.551. The summed E-state index contributed by atoms with van der Waals surface area (Å²) in [6.07, 6.45) is 9.88. The molecule has 0 radical (unpaired) electrons. The van der Waals surface area contributed by atoms with Crippen LogP contribution in [0.3, 0.4) is 0 Å². The van der Waals surface area contributed by atoms with E-state index in [2.05, 4.69) is 21.9 Å². The summed E-state index contributed by atoms with van der Waals surface area (Å²) < 4.78 is 5.46. The first-order valence-corrected chi connectivity index (χ1v) is 6.16. The SMILES string of the molecule is C=CCCCOc1cnc(CNC2CC2)cn1.